The molecule has 0 aliphatic rings. The number of nitro benzene ring substituents is 1. The minimum Gasteiger partial charge on any atom is -0.486 e. The molecule has 0 heterocycles. The smallest absolute Gasteiger partial charge is 0.416 e. The average Bonchev–Trinajstić information content (AvgIpc) is 2.35. The molecule has 0 N–H and O–H groups in total. The maximum absolute atomic E-state index is 12.5. The Hall–Kier alpha value is -1.31. The second-order valence-corrected chi connectivity index (χ2v) is 5.58. The predicted octanol–water partition coefficient (Wildman–Crippen LogP) is 4.41. The summed E-state index contributed by atoms with van der Waals surface area (Å²) < 4.78 is 42.9. The maximum Gasteiger partial charge on any atom is 0.416 e. The van der Waals surface area contributed by atoms with Crippen molar-refractivity contribution in [2.75, 3.05) is 11.9 Å². The van der Waals surface area contributed by atoms with Gasteiger partial charge in [0.15, 0.2) is 5.75 Å². The molecule has 8 heteroatoms. The number of hydrogen-bond donors (Lipinski definition) is 0. The molecule has 0 saturated carbocycles. The number of nitrogens with zero attached hydrogens (tertiary/aromatic N) is 1. The van der Waals surface area contributed by atoms with E-state index in [1.807, 2.05) is 13.8 Å². The monoisotopic (exact) mass is 355 g/mol. The molecule has 0 aliphatic heterocycles. The Kier molecular flexibility index (Phi) is 5.01. The Morgan fingerprint density at radius 2 is 1.95 bits per heavy atom. The molecule has 0 bridgehead atoms. The van der Waals surface area contributed by atoms with Crippen LogP contribution in [0.25, 0.3) is 0 Å². The largest absolute Gasteiger partial charge is 0.486 e. The highest BCUT2D eigenvalue weighted by Gasteiger charge is 2.33. The van der Waals surface area contributed by atoms with E-state index in [1.165, 1.54) is 0 Å². The Morgan fingerprint density at radius 1 is 1.35 bits per heavy atom. The fraction of sp³-hybridized carbons (Fsp3) is 0.500. The molecular weight excluding hydrogens is 343 g/mol. The summed E-state index contributed by atoms with van der Waals surface area (Å²) in [4.78, 5) is 9.96. The van der Waals surface area contributed by atoms with Crippen LogP contribution in [-0.4, -0.2) is 16.9 Å². The van der Waals surface area contributed by atoms with Crippen molar-refractivity contribution in [3.63, 3.8) is 0 Å². The lowest BCUT2D eigenvalue weighted by atomic mass is 9.98. The van der Waals surface area contributed by atoms with Gasteiger partial charge in [-0.3, -0.25) is 10.1 Å². The normalized spacial score (nSPS) is 12.3. The van der Waals surface area contributed by atoms with Gasteiger partial charge in [-0.25, -0.2) is 0 Å². The van der Waals surface area contributed by atoms with Crippen molar-refractivity contribution in [1.82, 2.24) is 0 Å². The molecule has 1 aromatic rings. The molecule has 0 aromatic heterocycles. The van der Waals surface area contributed by atoms with Gasteiger partial charge >= 0.3 is 11.9 Å². The van der Waals surface area contributed by atoms with Crippen molar-refractivity contribution in [2.24, 2.45) is 5.41 Å². The summed E-state index contributed by atoms with van der Waals surface area (Å²) in [5.41, 5.74) is -2.06. The van der Waals surface area contributed by atoms with E-state index in [-0.39, 0.29) is 17.8 Å². The van der Waals surface area contributed by atoms with E-state index in [0.717, 1.165) is 12.1 Å². The van der Waals surface area contributed by atoms with Gasteiger partial charge in [0.05, 0.1) is 17.1 Å². The molecule has 20 heavy (non-hydrogen) atoms. The molecule has 0 spiro atoms. The van der Waals surface area contributed by atoms with Crippen molar-refractivity contribution < 1.29 is 22.8 Å². The second kappa shape index (κ2) is 5.99. The van der Waals surface area contributed by atoms with Gasteiger partial charge in [0.25, 0.3) is 0 Å². The van der Waals surface area contributed by atoms with Gasteiger partial charge in [-0.2, -0.15) is 13.2 Å². The number of alkyl halides is 4. The first-order valence-corrected chi connectivity index (χ1v) is 6.73. The summed E-state index contributed by atoms with van der Waals surface area (Å²) in [6.45, 7) is 3.86. The summed E-state index contributed by atoms with van der Waals surface area (Å²) in [7, 11) is 0. The molecule has 0 aliphatic carbocycles. The minimum absolute atomic E-state index is 0.143. The highest BCUT2D eigenvalue weighted by Crippen LogP contribution is 2.36. The highest BCUT2D eigenvalue weighted by molar-refractivity contribution is 9.09. The topological polar surface area (TPSA) is 52.4 Å². The summed E-state index contributed by atoms with van der Waals surface area (Å²) in [5, 5.41) is 11.4. The van der Waals surface area contributed by atoms with Crippen LogP contribution in [0, 0.1) is 15.5 Å². The van der Waals surface area contributed by atoms with Gasteiger partial charge < -0.3 is 4.74 Å². The van der Waals surface area contributed by atoms with Gasteiger partial charge in [-0.05, 0) is 12.1 Å². The molecule has 112 valence electrons. The van der Waals surface area contributed by atoms with Crippen molar-refractivity contribution in [3.8, 4) is 5.75 Å². The van der Waals surface area contributed by atoms with Crippen LogP contribution in [0.2, 0.25) is 0 Å². The van der Waals surface area contributed by atoms with E-state index < -0.39 is 22.4 Å². The van der Waals surface area contributed by atoms with Crippen molar-refractivity contribution >= 4 is 21.6 Å². The Labute approximate surface area is 122 Å². The van der Waals surface area contributed by atoms with Crippen LogP contribution in [0.5, 0.6) is 5.75 Å². The zero-order valence-electron chi connectivity index (χ0n) is 10.8. The molecule has 4 nitrogen and oxygen atoms in total. The molecule has 0 amide bonds. The summed E-state index contributed by atoms with van der Waals surface area (Å²) in [6, 6.07) is 2.23. The maximum atomic E-state index is 12.5. The van der Waals surface area contributed by atoms with Crippen LogP contribution in [0.15, 0.2) is 18.2 Å². The molecule has 1 aromatic carbocycles. The lowest BCUT2D eigenvalue weighted by Gasteiger charge is -2.21. The van der Waals surface area contributed by atoms with Gasteiger partial charge in [-0.1, -0.05) is 29.8 Å². The van der Waals surface area contributed by atoms with Crippen molar-refractivity contribution in [1.29, 1.82) is 0 Å². The summed E-state index contributed by atoms with van der Waals surface area (Å²) in [5.74, 6) is -0.169. The Balaban J connectivity index is 3.06. The van der Waals surface area contributed by atoms with E-state index in [9.17, 15) is 23.3 Å². The van der Waals surface area contributed by atoms with Crippen LogP contribution in [0.1, 0.15) is 19.4 Å². The summed E-state index contributed by atoms with van der Waals surface area (Å²) >= 11 is 3.27. The average molecular weight is 356 g/mol. The molecule has 0 radical (unpaired) electrons. The number of benzene rings is 1. The second-order valence-electron chi connectivity index (χ2n) is 5.02. The van der Waals surface area contributed by atoms with Gasteiger partial charge in [0, 0.05) is 16.8 Å². The standard InChI is InChI=1S/C12H13BrF3NO3/c1-11(2,6-13)7-20-10-4-3-8(12(14,15)16)5-9(10)17(18)19/h3-5H,6-7H2,1-2H3. The quantitative estimate of drug-likeness (QED) is 0.446. The molecule has 0 fully saturated rings. The van der Waals surface area contributed by atoms with Crippen molar-refractivity contribution in [2.45, 2.75) is 20.0 Å². The van der Waals surface area contributed by atoms with Crippen molar-refractivity contribution in [3.05, 3.63) is 33.9 Å². The predicted molar refractivity (Wildman–Crippen MR) is 71.2 cm³/mol. The number of halogens is 4. The zero-order chi connectivity index (χ0) is 15.6. The highest BCUT2D eigenvalue weighted by atomic mass is 79.9. The molecule has 0 saturated heterocycles. The van der Waals surface area contributed by atoms with Crippen LogP contribution in [0.3, 0.4) is 0 Å². The first kappa shape index (κ1) is 16.7. The summed E-state index contributed by atoms with van der Waals surface area (Å²) in [6.07, 6.45) is -4.63. The van der Waals surface area contributed by atoms with E-state index in [2.05, 4.69) is 15.9 Å². The number of nitro groups is 1. The third-order valence-electron chi connectivity index (χ3n) is 2.46. The SMILES string of the molecule is CC(C)(CBr)COc1ccc(C(F)(F)F)cc1[N+](=O)[O-]. The number of rotatable bonds is 5. The first-order valence-electron chi connectivity index (χ1n) is 5.61. The Bertz CT molecular complexity index is 503. The third-order valence-corrected chi connectivity index (χ3v) is 3.98. The van der Waals surface area contributed by atoms with Crippen LogP contribution in [-0.2, 0) is 6.18 Å². The molecular formula is C12H13BrF3NO3. The molecule has 0 unspecified atom stereocenters. The number of ether oxygens (including phenoxy) is 1. The fourth-order valence-electron chi connectivity index (χ4n) is 1.27. The van der Waals surface area contributed by atoms with Gasteiger partial charge in [0.2, 0.25) is 0 Å². The molecule has 1 rings (SSSR count). The lowest BCUT2D eigenvalue weighted by Crippen LogP contribution is -2.23. The van der Waals surface area contributed by atoms with Crippen LogP contribution < -0.4 is 4.74 Å². The first-order chi connectivity index (χ1) is 9.07. The Morgan fingerprint density at radius 3 is 2.40 bits per heavy atom. The van der Waals surface area contributed by atoms with E-state index in [1.54, 1.807) is 0 Å². The third kappa shape index (κ3) is 4.36. The minimum atomic E-state index is -4.63. The lowest BCUT2D eigenvalue weighted by molar-refractivity contribution is -0.386. The number of hydrogen-bond acceptors (Lipinski definition) is 3. The van der Waals surface area contributed by atoms with E-state index >= 15 is 0 Å². The zero-order valence-corrected chi connectivity index (χ0v) is 12.4. The van der Waals surface area contributed by atoms with E-state index in [4.69, 9.17) is 4.74 Å². The molecule has 0 atom stereocenters. The van der Waals surface area contributed by atoms with Gasteiger partial charge in [-0.15, -0.1) is 0 Å². The van der Waals surface area contributed by atoms with Crippen LogP contribution >= 0.6 is 15.9 Å². The van der Waals surface area contributed by atoms with Crippen LogP contribution in [0.4, 0.5) is 18.9 Å². The fourth-order valence-corrected chi connectivity index (χ4v) is 1.43. The van der Waals surface area contributed by atoms with E-state index in [0.29, 0.717) is 11.4 Å². The van der Waals surface area contributed by atoms with Gasteiger partial charge in [0.1, 0.15) is 0 Å².